The Hall–Kier alpha value is -0.920. The van der Waals surface area contributed by atoms with Gasteiger partial charge in [-0.05, 0) is 23.6 Å². The van der Waals surface area contributed by atoms with E-state index in [-0.39, 0.29) is 0 Å². The van der Waals surface area contributed by atoms with Crippen LogP contribution in [-0.2, 0) is 13.3 Å². The number of benzene rings is 1. The van der Waals surface area contributed by atoms with Crippen LogP contribution >= 0.6 is 0 Å². The highest BCUT2D eigenvalue weighted by molar-refractivity contribution is 5.31. The van der Waals surface area contributed by atoms with Crippen molar-refractivity contribution in [2.75, 3.05) is 0 Å². The molecule has 0 spiro atoms. The maximum absolute atomic E-state index is 12.1. The van der Waals surface area contributed by atoms with Crippen molar-refractivity contribution in [3.05, 3.63) is 41.8 Å². The van der Waals surface area contributed by atoms with Crippen LogP contribution in [0.1, 0.15) is 16.7 Å². The summed E-state index contributed by atoms with van der Waals surface area (Å²) in [6.07, 6.45) is 0. The van der Waals surface area contributed by atoms with Crippen LogP contribution in [0.15, 0.2) is 18.2 Å². The van der Waals surface area contributed by atoms with Crippen molar-refractivity contribution >= 4 is 0 Å². The molecule has 2 heteroatoms. The molecule has 0 aliphatic carbocycles. The lowest BCUT2D eigenvalue weighted by atomic mass is 10.1. The molecule has 1 rings (SSSR count). The van der Waals surface area contributed by atoms with Crippen molar-refractivity contribution in [2.24, 2.45) is 0 Å². The summed E-state index contributed by atoms with van der Waals surface area (Å²) in [5.74, 6) is 0. The summed E-state index contributed by atoms with van der Waals surface area (Å²) in [6.45, 7) is 2.49. The zero-order valence-corrected chi connectivity index (χ0v) is 6.11. The lowest BCUT2D eigenvalue weighted by Crippen LogP contribution is -1.86. The van der Waals surface area contributed by atoms with E-state index >= 15 is 0 Å². The molecule has 0 heterocycles. The second-order valence-corrected chi connectivity index (χ2v) is 2.43. The zero-order valence-electron chi connectivity index (χ0n) is 6.11. The number of rotatable bonds is 2. The minimum Gasteiger partial charge on any atom is -0.246 e. The van der Waals surface area contributed by atoms with Crippen molar-refractivity contribution in [2.45, 2.75) is 13.3 Å². The highest BCUT2D eigenvalue weighted by atomic mass is 19.1. The summed E-state index contributed by atoms with van der Waals surface area (Å²) >= 11 is 0. The monoisotopic (exact) mass is 155 g/mol. The number of alkyl halides is 2. The summed E-state index contributed by atoms with van der Waals surface area (Å²) in [5.41, 5.74) is 1.64. The molecule has 0 saturated heterocycles. The quantitative estimate of drug-likeness (QED) is 0.616. The highest BCUT2D eigenvalue weighted by Gasteiger charge is 1.97. The van der Waals surface area contributed by atoms with Crippen molar-refractivity contribution < 1.29 is 8.78 Å². The molecular weight excluding hydrogens is 146 g/mol. The van der Waals surface area contributed by atoms with Crippen LogP contribution in [0.3, 0.4) is 0 Å². The fourth-order valence-electron chi connectivity index (χ4n) is 0.994. The van der Waals surface area contributed by atoms with Crippen molar-refractivity contribution in [1.29, 1.82) is 0 Å². The molecule has 1 radical (unpaired) electrons. The van der Waals surface area contributed by atoms with E-state index in [4.69, 9.17) is 0 Å². The topological polar surface area (TPSA) is 0 Å². The maximum atomic E-state index is 12.1. The third kappa shape index (κ3) is 2.00. The number of hydrogen-bond acceptors (Lipinski definition) is 0. The molecule has 1 aromatic carbocycles. The van der Waals surface area contributed by atoms with E-state index in [1.807, 2.05) is 0 Å². The van der Waals surface area contributed by atoms with Gasteiger partial charge in [0.15, 0.2) is 0 Å². The first-order valence-corrected chi connectivity index (χ1v) is 3.33. The first-order chi connectivity index (χ1) is 5.26. The third-order valence-electron chi connectivity index (χ3n) is 1.42. The van der Waals surface area contributed by atoms with Crippen LogP contribution in [-0.4, -0.2) is 0 Å². The van der Waals surface area contributed by atoms with Gasteiger partial charge in [0.25, 0.3) is 0 Å². The van der Waals surface area contributed by atoms with Gasteiger partial charge in [0, 0.05) is 0 Å². The minimum atomic E-state index is -0.559. The van der Waals surface area contributed by atoms with Gasteiger partial charge in [0.1, 0.15) is 13.3 Å². The molecule has 0 unspecified atom stereocenters. The van der Waals surface area contributed by atoms with Gasteiger partial charge in [-0.25, -0.2) is 8.78 Å². The molecule has 0 N–H and O–H groups in total. The average Bonchev–Trinajstić information content (AvgIpc) is 2.03. The first-order valence-electron chi connectivity index (χ1n) is 3.33. The van der Waals surface area contributed by atoms with E-state index < -0.39 is 13.3 Å². The summed E-state index contributed by atoms with van der Waals surface area (Å²) in [4.78, 5) is 0. The second kappa shape index (κ2) is 3.46. The Kier molecular flexibility index (Phi) is 2.58. The lowest BCUT2D eigenvalue weighted by Gasteiger charge is -2.00. The molecule has 0 bridgehead atoms. The molecule has 11 heavy (non-hydrogen) atoms. The third-order valence-corrected chi connectivity index (χ3v) is 1.42. The van der Waals surface area contributed by atoms with Gasteiger partial charge < -0.3 is 0 Å². The van der Waals surface area contributed by atoms with Gasteiger partial charge in [-0.2, -0.15) is 0 Å². The average molecular weight is 155 g/mol. The van der Waals surface area contributed by atoms with Gasteiger partial charge in [0.05, 0.1) is 0 Å². The molecule has 0 fully saturated rings. The Bertz CT molecular complexity index is 221. The summed E-state index contributed by atoms with van der Waals surface area (Å²) in [5, 5.41) is 0. The normalized spacial score (nSPS) is 10.1. The van der Waals surface area contributed by atoms with Crippen LogP contribution in [0.2, 0.25) is 0 Å². The molecule has 0 aliphatic heterocycles. The van der Waals surface area contributed by atoms with Crippen LogP contribution in [0, 0.1) is 6.92 Å². The molecule has 59 valence electrons. The SMILES string of the molecule is [CH2]c1cc(CF)cc(CF)c1. The Morgan fingerprint density at radius 3 is 1.82 bits per heavy atom. The fraction of sp³-hybridized carbons (Fsp3) is 0.222. The van der Waals surface area contributed by atoms with Crippen molar-refractivity contribution in [3.63, 3.8) is 0 Å². The van der Waals surface area contributed by atoms with Gasteiger partial charge in [-0.3, -0.25) is 0 Å². The van der Waals surface area contributed by atoms with Gasteiger partial charge in [-0.15, -0.1) is 0 Å². The van der Waals surface area contributed by atoms with E-state index in [0.717, 1.165) is 0 Å². The molecule has 0 nitrogen and oxygen atoms in total. The Balaban J connectivity index is 3.02. The standard InChI is InChI=1S/C9H9F2/c1-7-2-8(5-10)4-9(3-7)6-11/h2-4H,1,5-6H2. The molecule has 0 aliphatic rings. The van der Waals surface area contributed by atoms with E-state index in [1.165, 1.54) is 6.07 Å². The molecule has 0 amide bonds. The largest absolute Gasteiger partial charge is 0.246 e. The Morgan fingerprint density at radius 1 is 1.00 bits per heavy atom. The van der Waals surface area contributed by atoms with Crippen molar-refractivity contribution in [1.82, 2.24) is 0 Å². The van der Waals surface area contributed by atoms with Crippen LogP contribution in [0.25, 0.3) is 0 Å². The molecule has 0 atom stereocenters. The predicted molar refractivity (Wildman–Crippen MR) is 40.5 cm³/mol. The van der Waals surface area contributed by atoms with Crippen LogP contribution in [0.5, 0.6) is 0 Å². The maximum Gasteiger partial charge on any atom is 0.115 e. The highest BCUT2D eigenvalue weighted by Crippen LogP contribution is 2.11. The van der Waals surface area contributed by atoms with Crippen LogP contribution in [0.4, 0.5) is 8.78 Å². The first kappa shape index (κ1) is 8.18. The summed E-state index contributed by atoms with van der Waals surface area (Å²) in [6, 6.07) is 4.73. The lowest BCUT2D eigenvalue weighted by molar-refractivity contribution is 0.475. The number of hydrogen-bond donors (Lipinski definition) is 0. The smallest absolute Gasteiger partial charge is 0.115 e. The van der Waals surface area contributed by atoms with Crippen LogP contribution < -0.4 is 0 Å². The second-order valence-electron chi connectivity index (χ2n) is 2.43. The Morgan fingerprint density at radius 2 is 1.45 bits per heavy atom. The molecular formula is C9H9F2. The Labute approximate surface area is 64.9 Å². The molecule has 0 aromatic heterocycles. The van der Waals surface area contributed by atoms with E-state index in [0.29, 0.717) is 16.7 Å². The summed E-state index contributed by atoms with van der Waals surface area (Å²) < 4.78 is 24.1. The van der Waals surface area contributed by atoms with Gasteiger partial charge in [-0.1, -0.05) is 18.2 Å². The number of halogens is 2. The summed E-state index contributed by atoms with van der Waals surface area (Å²) in [7, 11) is 0. The fourth-order valence-corrected chi connectivity index (χ4v) is 0.994. The van der Waals surface area contributed by atoms with E-state index in [9.17, 15) is 8.78 Å². The zero-order chi connectivity index (χ0) is 8.27. The van der Waals surface area contributed by atoms with E-state index in [1.54, 1.807) is 12.1 Å². The minimum absolute atomic E-state index is 0.491. The van der Waals surface area contributed by atoms with Gasteiger partial charge in [0.2, 0.25) is 0 Å². The van der Waals surface area contributed by atoms with Crippen molar-refractivity contribution in [3.8, 4) is 0 Å². The predicted octanol–water partition coefficient (Wildman–Crippen LogP) is 2.81. The molecule has 0 saturated carbocycles. The van der Waals surface area contributed by atoms with Gasteiger partial charge >= 0.3 is 0 Å². The molecule has 1 aromatic rings. The van der Waals surface area contributed by atoms with E-state index in [2.05, 4.69) is 6.92 Å².